The molecule has 0 aromatic heterocycles. The fraction of sp³-hybridized carbons (Fsp3) is 0.364. The molecule has 1 aromatic carbocycles. The summed E-state index contributed by atoms with van der Waals surface area (Å²) in [6.45, 7) is 0.778. The lowest BCUT2D eigenvalue weighted by Gasteiger charge is -2.18. The van der Waals surface area contributed by atoms with Gasteiger partial charge in [-0.25, -0.2) is 0 Å². The molecule has 0 unspecified atom stereocenters. The average Bonchev–Trinajstić information content (AvgIpc) is 2.59. The number of hydrogen-bond donors (Lipinski definition) is 0. The van der Waals surface area contributed by atoms with Crippen LogP contribution in [-0.2, 0) is 17.6 Å². The summed E-state index contributed by atoms with van der Waals surface area (Å²) in [4.78, 5) is 11.1. The van der Waals surface area contributed by atoms with Gasteiger partial charge in [0.1, 0.15) is 11.5 Å². The third-order valence-corrected chi connectivity index (χ3v) is 2.72. The van der Waals surface area contributed by atoms with E-state index in [4.69, 9.17) is 9.47 Å². The number of ether oxygens (including phenoxy) is 2. The molecule has 2 aliphatic rings. The fourth-order valence-corrected chi connectivity index (χ4v) is 2.08. The summed E-state index contributed by atoms with van der Waals surface area (Å²) >= 11 is 0. The van der Waals surface area contributed by atoms with Gasteiger partial charge in [0.25, 0.3) is 0 Å². The first-order valence-electron chi connectivity index (χ1n) is 4.83. The monoisotopic (exact) mass is 190 g/mol. The molecule has 72 valence electrons. The summed E-state index contributed by atoms with van der Waals surface area (Å²) in [5.74, 6) is 1.49. The van der Waals surface area contributed by atoms with Crippen LogP contribution in [0, 0.1) is 0 Å². The van der Waals surface area contributed by atoms with Crippen LogP contribution in [0.3, 0.4) is 0 Å². The molecule has 1 aromatic rings. The molecule has 0 atom stereocenters. The number of esters is 1. The molecule has 3 nitrogen and oxygen atoms in total. The molecule has 2 heterocycles. The van der Waals surface area contributed by atoms with Crippen molar-refractivity contribution in [3.63, 3.8) is 0 Å². The van der Waals surface area contributed by atoms with E-state index < -0.39 is 0 Å². The molecular formula is C11H10O3. The normalized spacial score (nSPS) is 18.1. The Morgan fingerprint density at radius 3 is 2.93 bits per heavy atom. The SMILES string of the molecule is O=C1Cc2c(ccc3c2CCCO3)O1. The molecule has 0 N–H and O–H groups in total. The largest absolute Gasteiger partial charge is 0.493 e. The maximum absolute atomic E-state index is 11.1. The Labute approximate surface area is 81.6 Å². The highest BCUT2D eigenvalue weighted by Crippen LogP contribution is 2.37. The molecule has 3 heteroatoms. The van der Waals surface area contributed by atoms with Crippen molar-refractivity contribution in [3.8, 4) is 11.5 Å². The highest BCUT2D eigenvalue weighted by molar-refractivity contribution is 5.82. The number of benzene rings is 1. The topological polar surface area (TPSA) is 35.5 Å². The number of carbonyl (C=O) groups is 1. The van der Waals surface area contributed by atoms with Crippen LogP contribution in [0.5, 0.6) is 11.5 Å². The second kappa shape index (κ2) is 2.74. The van der Waals surface area contributed by atoms with E-state index in [2.05, 4.69) is 0 Å². The Bertz CT molecular complexity index is 409. The zero-order valence-corrected chi connectivity index (χ0v) is 7.71. The van der Waals surface area contributed by atoms with Crippen LogP contribution in [0.15, 0.2) is 12.1 Å². The van der Waals surface area contributed by atoms with E-state index in [1.165, 1.54) is 5.56 Å². The molecule has 0 saturated heterocycles. The summed E-state index contributed by atoms with van der Waals surface area (Å²) in [5.41, 5.74) is 2.20. The molecule has 14 heavy (non-hydrogen) atoms. The van der Waals surface area contributed by atoms with E-state index in [9.17, 15) is 4.79 Å². The molecule has 0 saturated carbocycles. The second-order valence-electron chi connectivity index (χ2n) is 3.62. The molecule has 3 rings (SSSR count). The van der Waals surface area contributed by atoms with E-state index in [-0.39, 0.29) is 5.97 Å². The molecule has 0 radical (unpaired) electrons. The van der Waals surface area contributed by atoms with Crippen LogP contribution < -0.4 is 9.47 Å². The maximum atomic E-state index is 11.1. The second-order valence-corrected chi connectivity index (χ2v) is 3.62. The van der Waals surface area contributed by atoms with Gasteiger partial charge in [-0.3, -0.25) is 4.79 Å². The van der Waals surface area contributed by atoms with E-state index >= 15 is 0 Å². The maximum Gasteiger partial charge on any atom is 0.315 e. The minimum absolute atomic E-state index is 0.154. The van der Waals surface area contributed by atoms with Gasteiger partial charge in [-0.1, -0.05) is 0 Å². The van der Waals surface area contributed by atoms with Gasteiger partial charge in [0, 0.05) is 11.1 Å². The van der Waals surface area contributed by atoms with E-state index in [0.29, 0.717) is 6.42 Å². The van der Waals surface area contributed by atoms with Crippen molar-refractivity contribution in [3.05, 3.63) is 23.3 Å². The number of fused-ring (bicyclic) bond motifs is 3. The molecule has 0 bridgehead atoms. The van der Waals surface area contributed by atoms with Gasteiger partial charge in [-0.2, -0.15) is 0 Å². The Morgan fingerprint density at radius 1 is 1.14 bits per heavy atom. The average molecular weight is 190 g/mol. The van der Waals surface area contributed by atoms with Crippen molar-refractivity contribution in [1.82, 2.24) is 0 Å². The first-order valence-corrected chi connectivity index (χ1v) is 4.83. The minimum Gasteiger partial charge on any atom is -0.493 e. The highest BCUT2D eigenvalue weighted by Gasteiger charge is 2.26. The van der Waals surface area contributed by atoms with Gasteiger partial charge in [-0.05, 0) is 25.0 Å². The third-order valence-electron chi connectivity index (χ3n) is 2.72. The lowest BCUT2D eigenvalue weighted by atomic mass is 9.98. The number of carbonyl (C=O) groups excluding carboxylic acids is 1. The highest BCUT2D eigenvalue weighted by atomic mass is 16.5. The van der Waals surface area contributed by atoms with Crippen LogP contribution >= 0.6 is 0 Å². The van der Waals surface area contributed by atoms with Crippen molar-refractivity contribution >= 4 is 5.97 Å². The quantitative estimate of drug-likeness (QED) is 0.459. The smallest absolute Gasteiger partial charge is 0.315 e. The summed E-state index contributed by atoms with van der Waals surface area (Å²) in [6, 6.07) is 3.72. The summed E-state index contributed by atoms with van der Waals surface area (Å²) in [7, 11) is 0. The van der Waals surface area contributed by atoms with Crippen molar-refractivity contribution in [2.75, 3.05) is 6.61 Å². The van der Waals surface area contributed by atoms with Crippen molar-refractivity contribution in [2.24, 2.45) is 0 Å². The van der Waals surface area contributed by atoms with Gasteiger partial charge < -0.3 is 9.47 Å². The summed E-state index contributed by atoms with van der Waals surface area (Å²) in [6.07, 6.45) is 2.43. The molecule has 0 aliphatic carbocycles. The van der Waals surface area contributed by atoms with Crippen LogP contribution in [0.4, 0.5) is 0 Å². The zero-order chi connectivity index (χ0) is 9.54. The van der Waals surface area contributed by atoms with Crippen LogP contribution in [-0.4, -0.2) is 12.6 Å². The Morgan fingerprint density at radius 2 is 2.00 bits per heavy atom. The third kappa shape index (κ3) is 1.02. The molecular weight excluding hydrogens is 180 g/mol. The Kier molecular flexibility index (Phi) is 1.54. The predicted octanol–water partition coefficient (Wildman–Crippen LogP) is 1.47. The predicted molar refractivity (Wildman–Crippen MR) is 49.6 cm³/mol. The Hall–Kier alpha value is -1.51. The molecule has 0 amide bonds. The molecule has 0 spiro atoms. The lowest BCUT2D eigenvalue weighted by Crippen LogP contribution is -2.10. The Balaban J connectivity index is 2.16. The van der Waals surface area contributed by atoms with Gasteiger partial charge in [0.2, 0.25) is 0 Å². The first kappa shape index (κ1) is 7.85. The van der Waals surface area contributed by atoms with E-state index in [1.807, 2.05) is 12.1 Å². The van der Waals surface area contributed by atoms with Crippen LogP contribution in [0.1, 0.15) is 17.5 Å². The van der Waals surface area contributed by atoms with Crippen molar-refractivity contribution < 1.29 is 14.3 Å². The van der Waals surface area contributed by atoms with Crippen LogP contribution in [0.25, 0.3) is 0 Å². The number of hydrogen-bond acceptors (Lipinski definition) is 3. The van der Waals surface area contributed by atoms with Crippen molar-refractivity contribution in [1.29, 1.82) is 0 Å². The van der Waals surface area contributed by atoms with E-state index in [0.717, 1.165) is 36.5 Å². The first-order chi connectivity index (χ1) is 6.84. The van der Waals surface area contributed by atoms with E-state index in [1.54, 1.807) is 0 Å². The molecule has 2 aliphatic heterocycles. The van der Waals surface area contributed by atoms with Gasteiger partial charge >= 0.3 is 5.97 Å². The lowest BCUT2D eigenvalue weighted by molar-refractivity contribution is -0.131. The van der Waals surface area contributed by atoms with Gasteiger partial charge in [-0.15, -0.1) is 0 Å². The van der Waals surface area contributed by atoms with Crippen molar-refractivity contribution in [2.45, 2.75) is 19.3 Å². The van der Waals surface area contributed by atoms with Gasteiger partial charge in [0.05, 0.1) is 13.0 Å². The summed E-state index contributed by atoms with van der Waals surface area (Å²) in [5, 5.41) is 0. The fourth-order valence-electron chi connectivity index (χ4n) is 2.08. The van der Waals surface area contributed by atoms with Crippen LogP contribution in [0.2, 0.25) is 0 Å². The molecule has 0 fully saturated rings. The standard InChI is InChI=1S/C11H10O3/c12-11-6-8-7-2-1-5-13-9(7)3-4-10(8)14-11/h3-4H,1-2,5-6H2. The summed E-state index contributed by atoms with van der Waals surface area (Å²) < 4.78 is 10.6. The zero-order valence-electron chi connectivity index (χ0n) is 7.71. The van der Waals surface area contributed by atoms with Gasteiger partial charge in [0.15, 0.2) is 0 Å². The number of rotatable bonds is 0. The minimum atomic E-state index is -0.154.